The van der Waals surface area contributed by atoms with Crippen LogP contribution in [0.3, 0.4) is 0 Å². The Kier molecular flexibility index (Phi) is 5.05. The molecular formula is C17H20ClNO. The van der Waals surface area contributed by atoms with E-state index in [4.69, 9.17) is 16.3 Å². The second kappa shape index (κ2) is 6.78. The largest absolute Gasteiger partial charge is 0.455 e. The predicted molar refractivity (Wildman–Crippen MR) is 84.8 cm³/mol. The lowest BCUT2D eigenvalue weighted by Crippen LogP contribution is -2.12. The maximum Gasteiger partial charge on any atom is 0.150 e. The summed E-state index contributed by atoms with van der Waals surface area (Å²) in [6, 6.07) is 12.0. The van der Waals surface area contributed by atoms with Crippen LogP contribution >= 0.6 is 11.6 Å². The Morgan fingerprint density at radius 3 is 2.45 bits per heavy atom. The minimum absolute atomic E-state index is 0.638. The van der Waals surface area contributed by atoms with Crippen LogP contribution in [0.1, 0.15) is 23.6 Å². The molecule has 0 aliphatic carbocycles. The molecule has 0 bridgehead atoms. The van der Waals surface area contributed by atoms with E-state index in [1.807, 2.05) is 30.3 Å². The zero-order valence-electron chi connectivity index (χ0n) is 12.2. The summed E-state index contributed by atoms with van der Waals surface area (Å²) in [6.07, 6.45) is 0. The van der Waals surface area contributed by atoms with E-state index in [1.165, 1.54) is 11.1 Å². The normalized spacial score (nSPS) is 10.6. The average molecular weight is 290 g/mol. The zero-order valence-corrected chi connectivity index (χ0v) is 12.9. The van der Waals surface area contributed by atoms with Gasteiger partial charge in [-0.2, -0.15) is 0 Å². The van der Waals surface area contributed by atoms with Crippen molar-refractivity contribution in [3.8, 4) is 11.5 Å². The summed E-state index contributed by atoms with van der Waals surface area (Å²) in [4.78, 5) is 0. The molecule has 106 valence electrons. The highest BCUT2D eigenvalue weighted by molar-refractivity contribution is 6.32. The van der Waals surface area contributed by atoms with Gasteiger partial charge in [-0.25, -0.2) is 0 Å². The monoisotopic (exact) mass is 289 g/mol. The van der Waals surface area contributed by atoms with E-state index < -0.39 is 0 Å². The maximum atomic E-state index is 6.29. The first kappa shape index (κ1) is 14.9. The van der Waals surface area contributed by atoms with Crippen LogP contribution in [0.2, 0.25) is 5.02 Å². The van der Waals surface area contributed by atoms with Crippen molar-refractivity contribution < 1.29 is 4.74 Å². The summed E-state index contributed by atoms with van der Waals surface area (Å²) in [6.45, 7) is 7.86. The molecule has 0 aliphatic rings. The molecule has 2 aromatic rings. The fourth-order valence-electron chi connectivity index (χ4n) is 2.18. The number of ether oxygens (including phenoxy) is 1. The number of benzene rings is 2. The minimum Gasteiger partial charge on any atom is -0.455 e. The van der Waals surface area contributed by atoms with Gasteiger partial charge in [-0.05, 0) is 49.7 Å². The molecule has 2 nitrogen and oxygen atoms in total. The van der Waals surface area contributed by atoms with E-state index in [2.05, 4.69) is 32.2 Å². The fraction of sp³-hybridized carbons (Fsp3) is 0.294. The minimum atomic E-state index is 0.638. The number of aryl methyl sites for hydroxylation is 2. The summed E-state index contributed by atoms with van der Waals surface area (Å²) in [7, 11) is 0. The molecule has 0 atom stereocenters. The van der Waals surface area contributed by atoms with Crippen molar-refractivity contribution in [2.75, 3.05) is 6.54 Å². The van der Waals surface area contributed by atoms with Crippen LogP contribution < -0.4 is 10.1 Å². The standard InChI is InChI=1S/C17H20ClNO/c1-4-19-11-14-6-5-7-16(18)17(14)20-15-9-12(2)8-13(3)10-15/h5-10,19H,4,11H2,1-3H3. The maximum absolute atomic E-state index is 6.29. The van der Waals surface area contributed by atoms with Gasteiger partial charge in [-0.15, -0.1) is 0 Å². The van der Waals surface area contributed by atoms with Crippen molar-refractivity contribution in [3.63, 3.8) is 0 Å². The summed E-state index contributed by atoms with van der Waals surface area (Å²) >= 11 is 6.29. The first-order valence-electron chi connectivity index (χ1n) is 6.84. The Labute approximate surface area is 125 Å². The highest BCUT2D eigenvalue weighted by Gasteiger charge is 2.10. The van der Waals surface area contributed by atoms with Crippen LogP contribution in [0, 0.1) is 13.8 Å². The zero-order chi connectivity index (χ0) is 14.5. The van der Waals surface area contributed by atoms with Crippen LogP contribution in [0.4, 0.5) is 0 Å². The molecule has 3 heteroatoms. The summed E-state index contributed by atoms with van der Waals surface area (Å²) in [5.41, 5.74) is 3.43. The number of hydrogen-bond donors (Lipinski definition) is 1. The molecule has 2 aromatic carbocycles. The van der Waals surface area contributed by atoms with Crippen molar-refractivity contribution in [1.29, 1.82) is 0 Å². The molecule has 1 N–H and O–H groups in total. The van der Waals surface area contributed by atoms with Gasteiger partial charge in [0.2, 0.25) is 0 Å². The highest BCUT2D eigenvalue weighted by Crippen LogP contribution is 2.33. The first-order valence-corrected chi connectivity index (χ1v) is 7.22. The van der Waals surface area contributed by atoms with Crippen molar-refractivity contribution in [2.24, 2.45) is 0 Å². The van der Waals surface area contributed by atoms with Crippen LogP contribution in [-0.4, -0.2) is 6.54 Å². The van der Waals surface area contributed by atoms with Crippen molar-refractivity contribution in [1.82, 2.24) is 5.32 Å². The molecule has 0 spiro atoms. The van der Waals surface area contributed by atoms with Gasteiger partial charge in [0.05, 0.1) is 5.02 Å². The molecule has 2 rings (SSSR count). The van der Waals surface area contributed by atoms with E-state index in [9.17, 15) is 0 Å². The molecule has 0 radical (unpaired) electrons. The van der Waals surface area contributed by atoms with Crippen molar-refractivity contribution in [2.45, 2.75) is 27.3 Å². The number of rotatable bonds is 5. The van der Waals surface area contributed by atoms with Gasteiger partial charge in [-0.1, -0.05) is 36.7 Å². The van der Waals surface area contributed by atoms with E-state index in [0.717, 1.165) is 30.2 Å². The summed E-state index contributed by atoms with van der Waals surface area (Å²) in [5, 5.41) is 3.94. The molecule has 0 aromatic heterocycles. The van der Waals surface area contributed by atoms with Crippen molar-refractivity contribution in [3.05, 3.63) is 58.1 Å². The lowest BCUT2D eigenvalue weighted by atomic mass is 10.1. The number of hydrogen-bond acceptors (Lipinski definition) is 2. The fourth-order valence-corrected chi connectivity index (χ4v) is 2.41. The molecule has 20 heavy (non-hydrogen) atoms. The topological polar surface area (TPSA) is 21.3 Å². The molecule has 0 fully saturated rings. The first-order chi connectivity index (χ1) is 9.60. The third-order valence-corrected chi connectivity index (χ3v) is 3.33. The van der Waals surface area contributed by atoms with Gasteiger partial charge in [-0.3, -0.25) is 0 Å². The lowest BCUT2D eigenvalue weighted by molar-refractivity contribution is 0.473. The van der Waals surface area contributed by atoms with Gasteiger partial charge >= 0.3 is 0 Å². The second-order valence-corrected chi connectivity index (χ2v) is 5.34. The predicted octanol–water partition coefficient (Wildman–Crippen LogP) is 4.86. The third-order valence-electron chi connectivity index (χ3n) is 3.03. The number of halogens is 1. The molecule has 0 saturated heterocycles. The number of nitrogens with one attached hydrogen (secondary N) is 1. The lowest BCUT2D eigenvalue weighted by Gasteiger charge is -2.14. The molecule has 0 amide bonds. The van der Waals surface area contributed by atoms with Crippen LogP contribution in [-0.2, 0) is 6.54 Å². The van der Waals surface area contributed by atoms with E-state index in [-0.39, 0.29) is 0 Å². The molecule has 0 saturated carbocycles. The Morgan fingerprint density at radius 1 is 1.10 bits per heavy atom. The van der Waals surface area contributed by atoms with E-state index in [1.54, 1.807) is 0 Å². The number of para-hydroxylation sites is 1. The molecule has 0 heterocycles. The van der Waals surface area contributed by atoms with Crippen LogP contribution in [0.25, 0.3) is 0 Å². The van der Waals surface area contributed by atoms with Gasteiger partial charge in [0.15, 0.2) is 0 Å². The Morgan fingerprint density at radius 2 is 1.80 bits per heavy atom. The van der Waals surface area contributed by atoms with Crippen LogP contribution in [0.15, 0.2) is 36.4 Å². The second-order valence-electron chi connectivity index (χ2n) is 4.93. The summed E-state index contributed by atoms with van der Waals surface area (Å²) in [5.74, 6) is 1.56. The third kappa shape index (κ3) is 3.75. The quantitative estimate of drug-likeness (QED) is 0.849. The van der Waals surface area contributed by atoms with E-state index >= 15 is 0 Å². The van der Waals surface area contributed by atoms with Gasteiger partial charge in [0.1, 0.15) is 11.5 Å². The Balaban J connectivity index is 2.31. The van der Waals surface area contributed by atoms with E-state index in [0.29, 0.717) is 5.02 Å². The van der Waals surface area contributed by atoms with Crippen molar-refractivity contribution >= 4 is 11.6 Å². The molecule has 0 unspecified atom stereocenters. The molecule has 0 aliphatic heterocycles. The van der Waals surface area contributed by atoms with Gasteiger partial charge in [0, 0.05) is 12.1 Å². The highest BCUT2D eigenvalue weighted by atomic mass is 35.5. The molecular weight excluding hydrogens is 270 g/mol. The average Bonchev–Trinajstić information content (AvgIpc) is 2.38. The Bertz CT molecular complexity index is 575. The van der Waals surface area contributed by atoms with Crippen LogP contribution in [0.5, 0.6) is 11.5 Å². The SMILES string of the molecule is CCNCc1cccc(Cl)c1Oc1cc(C)cc(C)c1. The van der Waals surface area contributed by atoms with Gasteiger partial charge in [0.25, 0.3) is 0 Å². The Hall–Kier alpha value is -1.51. The smallest absolute Gasteiger partial charge is 0.150 e. The van der Waals surface area contributed by atoms with Gasteiger partial charge < -0.3 is 10.1 Å². The summed E-state index contributed by atoms with van der Waals surface area (Å²) < 4.78 is 6.03.